The van der Waals surface area contributed by atoms with Gasteiger partial charge >= 0.3 is 5.97 Å². The van der Waals surface area contributed by atoms with Crippen LogP contribution in [0, 0.1) is 12.8 Å². The van der Waals surface area contributed by atoms with Crippen LogP contribution in [0.15, 0.2) is 58.7 Å². The number of amides is 1. The molecule has 3 N–H and O–H groups in total. The summed E-state index contributed by atoms with van der Waals surface area (Å²) in [5.41, 5.74) is -0.0648. The molecule has 2 aromatic rings. The van der Waals surface area contributed by atoms with Gasteiger partial charge in [0.1, 0.15) is 17.5 Å². The van der Waals surface area contributed by atoms with Crippen molar-refractivity contribution in [3.63, 3.8) is 0 Å². The first-order valence-corrected chi connectivity index (χ1v) is 13.6. The second-order valence-corrected chi connectivity index (χ2v) is 11.2. The zero-order valence-electron chi connectivity index (χ0n) is 20.5. The largest absolute Gasteiger partial charge is 0.480 e. The average Bonchev–Trinajstić information content (AvgIpc) is 3.30. The minimum Gasteiger partial charge on any atom is -0.480 e. The topological polar surface area (TPSA) is 150 Å². The summed E-state index contributed by atoms with van der Waals surface area (Å²) < 4.78 is 27.9. The van der Waals surface area contributed by atoms with E-state index >= 15 is 0 Å². The number of anilines is 1. The van der Waals surface area contributed by atoms with Crippen LogP contribution in [-0.4, -0.2) is 66.4 Å². The summed E-state index contributed by atoms with van der Waals surface area (Å²) in [7, 11) is -4.13. The third kappa shape index (κ3) is 6.44. The maximum Gasteiger partial charge on any atom is 0.323 e. The first-order valence-electron chi connectivity index (χ1n) is 12.1. The number of aliphatic carboxylic acids is 1. The van der Waals surface area contributed by atoms with Crippen LogP contribution in [0.3, 0.4) is 0 Å². The Morgan fingerprint density at radius 2 is 1.97 bits per heavy atom. The van der Waals surface area contributed by atoms with E-state index in [1.165, 1.54) is 6.07 Å². The number of carbonyl (C=O) groups excluding carboxylic acids is 1. The van der Waals surface area contributed by atoms with E-state index in [9.17, 15) is 23.1 Å². The van der Waals surface area contributed by atoms with E-state index in [-0.39, 0.29) is 4.90 Å². The zero-order chi connectivity index (χ0) is 26.5. The van der Waals surface area contributed by atoms with E-state index in [4.69, 9.17) is 4.84 Å². The highest BCUT2D eigenvalue weighted by Gasteiger charge is 2.44. The molecular formula is C25H31N5O6S. The molecular weight excluding hydrogens is 498 g/mol. The maximum absolute atomic E-state index is 12.8. The number of carboxylic acids is 1. The van der Waals surface area contributed by atoms with Gasteiger partial charge in [0.25, 0.3) is 0 Å². The second-order valence-electron chi connectivity index (χ2n) is 9.53. The predicted octanol–water partition coefficient (Wildman–Crippen LogP) is 2.35. The highest BCUT2D eigenvalue weighted by molar-refractivity contribution is 7.89. The van der Waals surface area contributed by atoms with E-state index in [1.54, 1.807) is 31.3 Å². The molecule has 12 heteroatoms. The Hall–Kier alpha value is -3.51. The highest BCUT2D eigenvalue weighted by atomic mass is 32.2. The molecule has 1 fully saturated rings. The van der Waals surface area contributed by atoms with Gasteiger partial charge < -0.3 is 15.3 Å². The molecule has 0 bridgehead atoms. The zero-order valence-corrected chi connectivity index (χ0v) is 21.4. The molecule has 1 amide bonds. The molecule has 4 rings (SSSR count). The van der Waals surface area contributed by atoms with E-state index in [0.717, 1.165) is 42.9 Å². The number of carbonyl (C=O) groups is 2. The third-order valence-electron chi connectivity index (χ3n) is 6.89. The van der Waals surface area contributed by atoms with Gasteiger partial charge in [-0.15, -0.1) is 0 Å². The summed E-state index contributed by atoms with van der Waals surface area (Å²) in [5.74, 6) is 0.161. The number of oxime groups is 1. The predicted molar refractivity (Wildman–Crippen MR) is 136 cm³/mol. The van der Waals surface area contributed by atoms with Gasteiger partial charge in [0.2, 0.25) is 16.4 Å². The number of benzene rings is 1. The summed E-state index contributed by atoms with van der Waals surface area (Å²) in [6, 6.07) is 10.4. The molecule has 0 radical (unpaired) electrons. The normalized spacial score (nSPS) is 22.1. The SMILES string of the molecule is Cc1ccccc1S(=O)(=O)N[C@@H](CN(C=O)C1=NOC2(CCC(CNc3ccccn3)CC2)C1)C(=O)O. The lowest BCUT2D eigenvalue weighted by atomic mass is 9.77. The van der Waals surface area contributed by atoms with Gasteiger partial charge in [-0.05, 0) is 62.3 Å². The molecule has 0 unspecified atom stereocenters. The smallest absolute Gasteiger partial charge is 0.323 e. The van der Waals surface area contributed by atoms with Crippen LogP contribution >= 0.6 is 0 Å². The quantitative estimate of drug-likeness (QED) is 0.397. The van der Waals surface area contributed by atoms with Crippen molar-refractivity contribution < 1.29 is 28.0 Å². The Labute approximate surface area is 216 Å². The number of nitrogens with zero attached hydrogens (tertiary/aromatic N) is 3. The number of rotatable bonds is 10. The molecule has 1 aliphatic heterocycles. The molecule has 1 atom stereocenters. The van der Waals surface area contributed by atoms with Gasteiger partial charge in [-0.2, -0.15) is 4.72 Å². The number of amidine groups is 1. The Morgan fingerprint density at radius 1 is 1.24 bits per heavy atom. The fourth-order valence-corrected chi connectivity index (χ4v) is 6.16. The Bertz CT molecular complexity index is 1250. The first kappa shape index (κ1) is 26.6. The molecule has 2 heterocycles. The third-order valence-corrected chi connectivity index (χ3v) is 8.53. The number of aromatic nitrogens is 1. The fraction of sp³-hybridized carbons (Fsp3) is 0.440. The standard InChI is InChI=1S/C25H31N5O6S/c1-18-6-2-3-7-21(18)37(34,35)29-20(24(32)33)16-30(17-31)23-14-25(36-28-23)11-9-19(10-12-25)15-27-22-8-4-5-13-26-22/h2-8,13,17,19-20,29H,9-12,14-16H2,1H3,(H,26,27)(H,32,33)/t19?,20-,25?/m0/s1. The highest BCUT2D eigenvalue weighted by Crippen LogP contribution is 2.41. The first-order chi connectivity index (χ1) is 17.7. The summed E-state index contributed by atoms with van der Waals surface area (Å²) in [6.45, 7) is 2.00. The Morgan fingerprint density at radius 3 is 2.62 bits per heavy atom. The molecule has 1 saturated carbocycles. The number of sulfonamides is 1. The lowest BCUT2D eigenvalue weighted by molar-refractivity contribution is -0.139. The van der Waals surface area contributed by atoms with Crippen LogP contribution in [0.4, 0.5) is 5.82 Å². The Kier molecular flexibility index (Phi) is 8.08. The summed E-state index contributed by atoms with van der Waals surface area (Å²) in [6.07, 6.45) is 5.83. The van der Waals surface area contributed by atoms with Crippen molar-refractivity contribution in [3.8, 4) is 0 Å². The molecule has 1 spiro atoms. The molecule has 1 aromatic carbocycles. The van der Waals surface area contributed by atoms with Crippen LogP contribution in [-0.2, 0) is 24.4 Å². The molecule has 11 nitrogen and oxygen atoms in total. The lowest BCUT2D eigenvalue weighted by Crippen LogP contribution is -2.50. The lowest BCUT2D eigenvalue weighted by Gasteiger charge is -2.35. The van der Waals surface area contributed by atoms with Crippen LogP contribution in [0.25, 0.3) is 0 Å². The average molecular weight is 530 g/mol. The van der Waals surface area contributed by atoms with Crippen molar-refractivity contribution in [3.05, 3.63) is 54.2 Å². The van der Waals surface area contributed by atoms with Crippen molar-refractivity contribution in [2.24, 2.45) is 11.1 Å². The number of carboxylic acid groups (broad SMARTS) is 1. The molecule has 1 aromatic heterocycles. The maximum atomic E-state index is 12.8. The number of pyridine rings is 1. The minimum atomic E-state index is -4.13. The van der Waals surface area contributed by atoms with Crippen molar-refractivity contribution in [1.82, 2.24) is 14.6 Å². The number of nitrogens with one attached hydrogen (secondary N) is 2. The van der Waals surface area contributed by atoms with Crippen LogP contribution in [0.5, 0.6) is 0 Å². The number of aryl methyl sites for hydroxylation is 1. The summed E-state index contributed by atoms with van der Waals surface area (Å²) in [4.78, 5) is 34.9. The van der Waals surface area contributed by atoms with E-state index in [1.807, 2.05) is 18.2 Å². The van der Waals surface area contributed by atoms with Crippen molar-refractivity contribution in [2.75, 3.05) is 18.4 Å². The van der Waals surface area contributed by atoms with Crippen molar-refractivity contribution in [2.45, 2.75) is 55.6 Å². The molecule has 198 valence electrons. The summed E-state index contributed by atoms with van der Waals surface area (Å²) in [5, 5.41) is 17.1. The summed E-state index contributed by atoms with van der Waals surface area (Å²) >= 11 is 0. The minimum absolute atomic E-state index is 0.0197. The van der Waals surface area contributed by atoms with Gasteiger partial charge in [0.15, 0.2) is 5.84 Å². The van der Waals surface area contributed by atoms with Gasteiger partial charge in [-0.3, -0.25) is 14.5 Å². The fourth-order valence-electron chi connectivity index (χ4n) is 4.73. The van der Waals surface area contributed by atoms with Gasteiger partial charge in [-0.25, -0.2) is 13.4 Å². The Balaban J connectivity index is 1.34. The van der Waals surface area contributed by atoms with Gasteiger partial charge in [-0.1, -0.05) is 29.4 Å². The van der Waals surface area contributed by atoms with Crippen LogP contribution in [0.2, 0.25) is 0 Å². The van der Waals surface area contributed by atoms with E-state index in [0.29, 0.717) is 30.1 Å². The molecule has 37 heavy (non-hydrogen) atoms. The second kappa shape index (κ2) is 11.3. The van der Waals surface area contributed by atoms with Crippen LogP contribution in [0.1, 0.15) is 37.7 Å². The van der Waals surface area contributed by atoms with E-state index in [2.05, 4.69) is 20.2 Å². The molecule has 0 saturated heterocycles. The number of hydrogen-bond acceptors (Lipinski definition) is 8. The molecule has 2 aliphatic rings. The number of hydrogen-bond donors (Lipinski definition) is 3. The van der Waals surface area contributed by atoms with Crippen molar-refractivity contribution >= 4 is 34.1 Å². The molecule has 1 aliphatic carbocycles. The monoisotopic (exact) mass is 529 g/mol. The van der Waals surface area contributed by atoms with E-state index < -0.39 is 34.2 Å². The van der Waals surface area contributed by atoms with Gasteiger partial charge in [0.05, 0.1) is 17.9 Å². The van der Waals surface area contributed by atoms with Crippen molar-refractivity contribution in [1.29, 1.82) is 0 Å². The van der Waals surface area contributed by atoms with Gasteiger partial charge in [0, 0.05) is 12.7 Å². The van der Waals surface area contributed by atoms with Crippen LogP contribution < -0.4 is 10.0 Å².